The molecule has 4 aromatic rings. The predicted octanol–water partition coefficient (Wildman–Crippen LogP) is 7.58. The van der Waals surface area contributed by atoms with E-state index < -0.39 is 23.8 Å². The molecule has 0 spiro atoms. The molecule has 2 aromatic heterocycles. The van der Waals surface area contributed by atoms with Crippen LogP contribution in [0, 0.1) is 0 Å². The number of thiophene rings is 1. The van der Waals surface area contributed by atoms with E-state index in [0.717, 1.165) is 59.6 Å². The van der Waals surface area contributed by atoms with E-state index in [9.17, 15) is 18.0 Å². The third kappa shape index (κ3) is 4.34. The van der Waals surface area contributed by atoms with Gasteiger partial charge in [-0.05, 0) is 79.3 Å². The summed E-state index contributed by atoms with van der Waals surface area (Å²) in [6.45, 7) is 0.352. The van der Waals surface area contributed by atoms with Crippen molar-refractivity contribution < 1.29 is 22.7 Å². The summed E-state index contributed by atoms with van der Waals surface area (Å²) in [4.78, 5) is 17.0. The molecule has 0 radical (unpaired) electrons. The van der Waals surface area contributed by atoms with Crippen LogP contribution in [0.5, 0.6) is 5.75 Å². The standard InChI is InChI=1S/C29H26F3N3O2S/c1-37-21-13-11-18(12-14-21)26-24-9-5-15-34(24)27-23(22-8-2-3-10-25(22)38-27)17-35(26)28(36)33-20-7-4-6-19(16-20)29(30,31)32/h4-7,9,11-16,26H,2-3,8,10,17H2,1H3,(H,33,36)/t26-/m1/s1. The summed E-state index contributed by atoms with van der Waals surface area (Å²) >= 11 is 1.78. The number of amides is 2. The average Bonchev–Trinajstić information content (AvgIpc) is 3.50. The molecule has 0 bridgehead atoms. The van der Waals surface area contributed by atoms with Crippen LogP contribution < -0.4 is 10.1 Å². The van der Waals surface area contributed by atoms with Gasteiger partial charge in [0.25, 0.3) is 0 Å². The zero-order valence-corrected chi connectivity index (χ0v) is 21.5. The van der Waals surface area contributed by atoms with Gasteiger partial charge in [0.05, 0.1) is 31.0 Å². The number of aryl methyl sites for hydroxylation is 1. The fourth-order valence-corrected chi connectivity index (χ4v) is 6.90. The molecule has 1 aliphatic carbocycles. The number of urea groups is 1. The molecule has 5 nitrogen and oxygen atoms in total. The second kappa shape index (κ2) is 9.54. The Bertz CT molecular complexity index is 1490. The highest BCUT2D eigenvalue weighted by atomic mass is 32.1. The van der Waals surface area contributed by atoms with Gasteiger partial charge in [-0.2, -0.15) is 13.2 Å². The number of anilines is 1. The maximum Gasteiger partial charge on any atom is 0.416 e. The molecule has 0 saturated heterocycles. The van der Waals surface area contributed by atoms with Crippen molar-refractivity contribution in [3.05, 3.63) is 99.7 Å². The van der Waals surface area contributed by atoms with E-state index >= 15 is 0 Å². The third-order valence-electron chi connectivity index (χ3n) is 7.31. The van der Waals surface area contributed by atoms with E-state index in [1.807, 2.05) is 42.6 Å². The first-order chi connectivity index (χ1) is 18.3. The molecule has 0 fully saturated rings. The molecule has 2 aliphatic rings. The van der Waals surface area contributed by atoms with Crippen molar-refractivity contribution in [2.75, 3.05) is 12.4 Å². The largest absolute Gasteiger partial charge is 0.497 e. The minimum absolute atomic E-state index is 0.102. The summed E-state index contributed by atoms with van der Waals surface area (Å²) in [5.74, 6) is 0.700. The van der Waals surface area contributed by atoms with Crippen LogP contribution in [0.1, 0.15) is 51.7 Å². The summed E-state index contributed by atoms with van der Waals surface area (Å²) in [5, 5.41) is 3.87. The zero-order valence-electron chi connectivity index (χ0n) is 20.7. The summed E-state index contributed by atoms with van der Waals surface area (Å²) in [6, 6.07) is 15.4. The number of hydrogen-bond acceptors (Lipinski definition) is 3. The van der Waals surface area contributed by atoms with Gasteiger partial charge in [-0.3, -0.25) is 0 Å². The van der Waals surface area contributed by atoms with Gasteiger partial charge in [-0.1, -0.05) is 18.2 Å². The lowest BCUT2D eigenvalue weighted by Crippen LogP contribution is -2.38. The Morgan fingerprint density at radius 2 is 1.82 bits per heavy atom. The third-order valence-corrected chi connectivity index (χ3v) is 8.65. The summed E-state index contributed by atoms with van der Waals surface area (Å²) in [6.07, 6.45) is 1.78. The van der Waals surface area contributed by atoms with E-state index in [-0.39, 0.29) is 5.69 Å². The van der Waals surface area contributed by atoms with Gasteiger partial charge < -0.3 is 19.5 Å². The smallest absolute Gasteiger partial charge is 0.416 e. The van der Waals surface area contributed by atoms with Gasteiger partial charge in [-0.25, -0.2) is 4.79 Å². The Balaban J connectivity index is 1.46. The lowest BCUT2D eigenvalue weighted by atomic mass is 9.95. The predicted molar refractivity (Wildman–Crippen MR) is 141 cm³/mol. The first kappa shape index (κ1) is 24.6. The molecule has 1 N–H and O–H groups in total. The van der Waals surface area contributed by atoms with Crippen molar-refractivity contribution in [2.24, 2.45) is 0 Å². The van der Waals surface area contributed by atoms with Gasteiger partial charge in [0, 0.05) is 22.3 Å². The van der Waals surface area contributed by atoms with E-state index in [1.54, 1.807) is 23.3 Å². The average molecular weight is 538 g/mol. The minimum Gasteiger partial charge on any atom is -0.497 e. The Kier molecular flexibility index (Phi) is 6.18. The van der Waals surface area contributed by atoms with Crippen LogP contribution in [0.15, 0.2) is 66.9 Å². The molecule has 9 heteroatoms. The van der Waals surface area contributed by atoms with Crippen LogP contribution in [-0.4, -0.2) is 22.6 Å². The highest BCUT2D eigenvalue weighted by Gasteiger charge is 2.36. The van der Waals surface area contributed by atoms with Crippen molar-refractivity contribution in [3.63, 3.8) is 0 Å². The lowest BCUT2D eigenvalue weighted by Gasteiger charge is -2.31. The fraction of sp³-hybridized carbons (Fsp3) is 0.276. The maximum absolute atomic E-state index is 13.9. The van der Waals surface area contributed by atoms with Crippen molar-refractivity contribution in [3.8, 4) is 10.8 Å². The Hall–Kier alpha value is -3.72. The number of aromatic nitrogens is 1. The second-order valence-electron chi connectivity index (χ2n) is 9.61. The zero-order chi connectivity index (χ0) is 26.4. The SMILES string of the molecule is COc1ccc([C@@H]2c3cccn3-c3sc4c(c3CN2C(=O)Nc2cccc(C(F)(F)F)c2)CCCC4)cc1. The molecule has 0 unspecified atom stereocenters. The van der Waals surface area contributed by atoms with Crippen LogP contribution in [0.3, 0.4) is 0 Å². The normalized spacial score (nSPS) is 16.7. The number of fused-ring (bicyclic) bond motifs is 5. The van der Waals surface area contributed by atoms with E-state index in [0.29, 0.717) is 12.3 Å². The van der Waals surface area contributed by atoms with E-state index in [4.69, 9.17) is 4.74 Å². The van der Waals surface area contributed by atoms with Crippen LogP contribution in [0.25, 0.3) is 5.00 Å². The maximum atomic E-state index is 13.9. The highest BCUT2D eigenvalue weighted by molar-refractivity contribution is 7.15. The molecule has 1 aliphatic heterocycles. The molecule has 38 heavy (non-hydrogen) atoms. The molecule has 196 valence electrons. The van der Waals surface area contributed by atoms with E-state index in [1.165, 1.54) is 22.6 Å². The number of ether oxygens (including phenoxy) is 1. The number of nitrogens with zero attached hydrogens (tertiary/aromatic N) is 2. The van der Waals surface area contributed by atoms with Gasteiger partial charge in [0.15, 0.2) is 0 Å². The summed E-state index contributed by atoms with van der Waals surface area (Å²) in [5.41, 5.74) is 3.53. The molecule has 2 amide bonds. The topological polar surface area (TPSA) is 46.5 Å². The van der Waals surface area contributed by atoms with Crippen molar-refractivity contribution >= 4 is 23.1 Å². The number of nitrogens with one attached hydrogen (secondary N) is 1. The lowest BCUT2D eigenvalue weighted by molar-refractivity contribution is -0.137. The molecule has 3 heterocycles. The summed E-state index contributed by atoms with van der Waals surface area (Å²) < 4.78 is 47.5. The number of carbonyl (C=O) groups is 1. The number of benzene rings is 2. The molecular formula is C29H26F3N3O2S. The number of hydrogen-bond donors (Lipinski definition) is 1. The van der Waals surface area contributed by atoms with Crippen molar-refractivity contribution in [1.29, 1.82) is 0 Å². The number of rotatable bonds is 3. The van der Waals surface area contributed by atoms with Crippen LogP contribution >= 0.6 is 11.3 Å². The first-order valence-corrected chi connectivity index (χ1v) is 13.3. The van der Waals surface area contributed by atoms with E-state index in [2.05, 4.69) is 9.88 Å². The number of carbonyl (C=O) groups excluding carboxylic acids is 1. The molecule has 1 atom stereocenters. The summed E-state index contributed by atoms with van der Waals surface area (Å²) in [7, 11) is 1.60. The minimum atomic E-state index is -4.50. The Morgan fingerprint density at radius 1 is 1.03 bits per heavy atom. The Morgan fingerprint density at radius 3 is 2.58 bits per heavy atom. The molecule has 2 aromatic carbocycles. The van der Waals surface area contributed by atoms with Crippen molar-refractivity contribution in [1.82, 2.24) is 9.47 Å². The molecule has 6 rings (SSSR count). The van der Waals surface area contributed by atoms with Crippen LogP contribution in [-0.2, 0) is 25.6 Å². The number of methoxy groups -OCH3 is 1. The highest BCUT2D eigenvalue weighted by Crippen LogP contribution is 2.44. The van der Waals surface area contributed by atoms with Gasteiger partial charge >= 0.3 is 12.2 Å². The van der Waals surface area contributed by atoms with Gasteiger partial charge in [-0.15, -0.1) is 11.3 Å². The quantitative estimate of drug-likeness (QED) is 0.293. The number of alkyl halides is 3. The second-order valence-corrected chi connectivity index (χ2v) is 10.7. The molecular weight excluding hydrogens is 511 g/mol. The Labute approximate surface area is 222 Å². The first-order valence-electron chi connectivity index (χ1n) is 12.5. The monoisotopic (exact) mass is 537 g/mol. The van der Waals surface area contributed by atoms with Crippen LogP contribution in [0.4, 0.5) is 23.7 Å². The van der Waals surface area contributed by atoms with Gasteiger partial charge in [0.1, 0.15) is 10.8 Å². The molecule has 0 saturated carbocycles. The number of halogens is 3. The van der Waals surface area contributed by atoms with Gasteiger partial charge in [0.2, 0.25) is 0 Å². The van der Waals surface area contributed by atoms with Crippen LogP contribution in [0.2, 0.25) is 0 Å². The van der Waals surface area contributed by atoms with Crippen molar-refractivity contribution in [2.45, 2.75) is 44.4 Å². The fourth-order valence-electron chi connectivity index (χ4n) is 5.49.